The maximum absolute atomic E-state index is 13.0. The van der Waals surface area contributed by atoms with Crippen LogP contribution in [0.4, 0.5) is 5.69 Å². The largest absolute Gasteiger partial charge is 0.352 e. The summed E-state index contributed by atoms with van der Waals surface area (Å²) >= 11 is 9.23. The number of nitrogens with one attached hydrogen (secondary N) is 2. The Balaban J connectivity index is 1.51. The van der Waals surface area contributed by atoms with Crippen LogP contribution in [0.25, 0.3) is 5.69 Å². The van der Waals surface area contributed by atoms with Gasteiger partial charge in [0.1, 0.15) is 6.54 Å². The third kappa shape index (κ3) is 4.60. The molecule has 1 saturated heterocycles. The average molecular weight is 532 g/mol. The van der Waals surface area contributed by atoms with Gasteiger partial charge in [-0.05, 0) is 72.9 Å². The van der Waals surface area contributed by atoms with Crippen molar-refractivity contribution >= 4 is 44.9 Å². The van der Waals surface area contributed by atoms with Crippen LogP contribution >= 0.6 is 28.1 Å². The molecule has 1 aliphatic rings. The average Bonchev–Trinajstić information content (AvgIpc) is 3.45. The van der Waals surface area contributed by atoms with Crippen molar-refractivity contribution in [3.05, 3.63) is 113 Å². The van der Waals surface area contributed by atoms with Gasteiger partial charge in [0.2, 0.25) is 5.91 Å². The van der Waals surface area contributed by atoms with Crippen LogP contribution in [0, 0.1) is 0 Å². The van der Waals surface area contributed by atoms with Crippen LogP contribution in [-0.2, 0) is 4.79 Å². The van der Waals surface area contributed by atoms with Gasteiger partial charge in [0, 0.05) is 33.9 Å². The molecule has 0 radical (unpaired) electrons. The molecule has 0 saturated carbocycles. The second-order valence-electron chi connectivity index (χ2n) is 7.95. The summed E-state index contributed by atoms with van der Waals surface area (Å²) in [6.45, 7) is 0.111. The van der Waals surface area contributed by atoms with Crippen molar-refractivity contribution in [2.45, 2.75) is 12.1 Å². The summed E-state index contributed by atoms with van der Waals surface area (Å²) in [4.78, 5) is 19.5. The number of hydrogen-bond donors (Lipinski definition) is 2. The van der Waals surface area contributed by atoms with E-state index in [0.29, 0.717) is 5.11 Å². The molecule has 3 heterocycles. The van der Waals surface area contributed by atoms with Crippen molar-refractivity contribution < 1.29 is 4.79 Å². The summed E-state index contributed by atoms with van der Waals surface area (Å²) < 4.78 is 3.14. The van der Waals surface area contributed by atoms with Gasteiger partial charge in [0.25, 0.3) is 0 Å². The van der Waals surface area contributed by atoms with Crippen molar-refractivity contribution in [1.82, 2.24) is 19.8 Å². The monoisotopic (exact) mass is 531 g/mol. The lowest BCUT2D eigenvalue weighted by Crippen LogP contribution is -2.37. The van der Waals surface area contributed by atoms with E-state index >= 15 is 0 Å². The van der Waals surface area contributed by atoms with E-state index in [0.717, 1.165) is 27.2 Å². The predicted octanol–water partition coefficient (Wildman–Crippen LogP) is 5.25. The molecule has 170 valence electrons. The molecule has 0 bridgehead atoms. The fraction of sp³-hybridized carbons (Fsp3) is 0.115. The number of carbonyl (C=O) groups excluding carboxylic acids is 1. The van der Waals surface area contributed by atoms with Gasteiger partial charge in [-0.2, -0.15) is 0 Å². The molecule has 0 aliphatic carbocycles. The third-order valence-electron chi connectivity index (χ3n) is 5.76. The first-order chi connectivity index (χ1) is 16.6. The Labute approximate surface area is 211 Å². The highest BCUT2D eigenvalue weighted by Crippen LogP contribution is 2.39. The standard InChI is InChI=1S/C26H22BrN5OS/c27-18-11-13-20(14-12-18)31-16-6-10-22(31)25-24(21-9-4-5-15-28-21)30-26(34)32(25)17-23(33)29-19-7-2-1-3-8-19/h1-16,24-25H,17H2,(H,29,33)(H,30,34)/t24-,25-/m0/s1. The maximum Gasteiger partial charge on any atom is 0.244 e. The molecule has 34 heavy (non-hydrogen) atoms. The van der Waals surface area contributed by atoms with Gasteiger partial charge in [-0.1, -0.05) is 40.2 Å². The Morgan fingerprint density at radius 1 is 1.00 bits per heavy atom. The molecule has 1 aliphatic heterocycles. The molecular formula is C26H22BrN5OS. The normalized spacial score (nSPS) is 17.4. The number of rotatable bonds is 6. The number of hydrogen-bond acceptors (Lipinski definition) is 3. The number of halogens is 1. The summed E-state index contributed by atoms with van der Waals surface area (Å²) in [5.41, 5.74) is 3.65. The summed E-state index contributed by atoms with van der Waals surface area (Å²) in [7, 11) is 0. The predicted molar refractivity (Wildman–Crippen MR) is 141 cm³/mol. The molecule has 1 fully saturated rings. The first-order valence-electron chi connectivity index (χ1n) is 10.9. The second kappa shape index (κ2) is 9.79. The van der Waals surface area contributed by atoms with Crippen LogP contribution in [0.3, 0.4) is 0 Å². The van der Waals surface area contributed by atoms with Crippen LogP contribution in [0.5, 0.6) is 0 Å². The van der Waals surface area contributed by atoms with Gasteiger partial charge in [0.05, 0.1) is 17.8 Å². The Kier molecular flexibility index (Phi) is 6.42. The van der Waals surface area contributed by atoms with E-state index in [-0.39, 0.29) is 24.5 Å². The molecule has 2 N–H and O–H groups in total. The van der Waals surface area contributed by atoms with Crippen LogP contribution < -0.4 is 10.6 Å². The smallest absolute Gasteiger partial charge is 0.244 e. The highest BCUT2D eigenvalue weighted by atomic mass is 79.9. The molecule has 2 aromatic heterocycles. The number of nitrogens with zero attached hydrogens (tertiary/aromatic N) is 3. The number of benzene rings is 2. The molecule has 5 rings (SSSR count). The number of pyridine rings is 1. The number of amides is 1. The summed E-state index contributed by atoms with van der Waals surface area (Å²) in [6, 6.07) is 27.0. The van der Waals surface area contributed by atoms with Gasteiger partial charge in [-0.3, -0.25) is 9.78 Å². The minimum atomic E-state index is -0.234. The van der Waals surface area contributed by atoms with Gasteiger partial charge in [-0.15, -0.1) is 0 Å². The lowest BCUT2D eigenvalue weighted by Gasteiger charge is -2.28. The van der Waals surface area contributed by atoms with E-state index in [1.807, 2.05) is 77.8 Å². The van der Waals surface area contributed by atoms with Crippen LogP contribution in [0.15, 0.2) is 102 Å². The van der Waals surface area contributed by atoms with E-state index in [1.54, 1.807) is 6.20 Å². The SMILES string of the molecule is O=C(CN1C(=S)N[C@@H](c2ccccn2)[C@@H]1c1cccn1-c1ccc(Br)cc1)Nc1ccccc1. The van der Waals surface area contributed by atoms with Crippen molar-refractivity contribution in [1.29, 1.82) is 0 Å². The minimum Gasteiger partial charge on any atom is -0.352 e. The lowest BCUT2D eigenvalue weighted by molar-refractivity contribution is -0.116. The molecule has 2 atom stereocenters. The molecular weight excluding hydrogens is 510 g/mol. The molecule has 8 heteroatoms. The topological polar surface area (TPSA) is 62.2 Å². The van der Waals surface area contributed by atoms with Crippen LogP contribution in [-0.4, -0.2) is 32.0 Å². The van der Waals surface area contributed by atoms with Gasteiger partial charge in [0.15, 0.2) is 5.11 Å². The maximum atomic E-state index is 13.0. The molecule has 4 aromatic rings. The number of thiocarbonyl (C=S) groups is 1. The van der Waals surface area contributed by atoms with Gasteiger partial charge < -0.3 is 20.1 Å². The zero-order valence-electron chi connectivity index (χ0n) is 18.1. The van der Waals surface area contributed by atoms with E-state index < -0.39 is 0 Å². The second-order valence-corrected chi connectivity index (χ2v) is 9.25. The van der Waals surface area contributed by atoms with Gasteiger partial charge in [-0.25, -0.2) is 0 Å². The van der Waals surface area contributed by atoms with Crippen LogP contribution in [0.2, 0.25) is 0 Å². The molecule has 6 nitrogen and oxygen atoms in total. The van der Waals surface area contributed by atoms with Crippen molar-refractivity contribution in [3.8, 4) is 5.69 Å². The van der Waals surface area contributed by atoms with E-state index in [1.165, 1.54) is 0 Å². The molecule has 2 aromatic carbocycles. The highest BCUT2D eigenvalue weighted by molar-refractivity contribution is 9.10. The van der Waals surface area contributed by atoms with E-state index in [2.05, 4.69) is 54.3 Å². The highest BCUT2D eigenvalue weighted by Gasteiger charge is 2.42. The summed E-state index contributed by atoms with van der Waals surface area (Å²) in [5.74, 6) is -0.135. The number of carbonyl (C=O) groups is 1. The quantitative estimate of drug-likeness (QED) is 0.333. The zero-order chi connectivity index (χ0) is 23.5. The number of aromatic nitrogens is 2. The van der Waals surface area contributed by atoms with Crippen molar-refractivity contribution in [2.75, 3.05) is 11.9 Å². The Morgan fingerprint density at radius 2 is 1.76 bits per heavy atom. The van der Waals surface area contributed by atoms with Crippen LogP contribution in [0.1, 0.15) is 23.5 Å². The van der Waals surface area contributed by atoms with E-state index in [4.69, 9.17) is 12.2 Å². The Bertz CT molecular complexity index is 1290. The number of para-hydroxylation sites is 1. The first-order valence-corrected chi connectivity index (χ1v) is 12.1. The van der Waals surface area contributed by atoms with Crippen molar-refractivity contribution in [3.63, 3.8) is 0 Å². The summed E-state index contributed by atoms with van der Waals surface area (Å²) in [5, 5.41) is 6.90. The Hall–Kier alpha value is -3.49. The Morgan fingerprint density at radius 3 is 2.50 bits per heavy atom. The van der Waals surface area contributed by atoms with Gasteiger partial charge >= 0.3 is 0 Å². The van der Waals surface area contributed by atoms with Crippen molar-refractivity contribution in [2.24, 2.45) is 0 Å². The fourth-order valence-electron chi connectivity index (χ4n) is 4.25. The molecule has 0 unspecified atom stereocenters. The third-order valence-corrected chi connectivity index (χ3v) is 6.64. The first kappa shape index (κ1) is 22.3. The minimum absolute atomic E-state index is 0.111. The summed E-state index contributed by atoms with van der Waals surface area (Å²) in [6.07, 6.45) is 3.80. The lowest BCUT2D eigenvalue weighted by atomic mass is 10.0. The number of anilines is 1. The fourth-order valence-corrected chi connectivity index (χ4v) is 4.82. The molecule has 1 amide bonds. The van der Waals surface area contributed by atoms with E-state index in [9.17, 15) is 4.79 Å². The zero-order valence-corrected chi connectivity index (χ0v) is 20.5. The molecule has 0 spiro atoms.